The van der Waals surface area contributed by atoms with Gasteiger partial charge in [0.25, 0.3) is 0 Å². The lowest BCUT2D eigenvalue weighted by Gasteiger charge is -2.09. The summed E-state index contributed by atoms with van der Waals surface area (Å²) in [6.07, 6.45) is 0. The van der Waals surface area contributed by atoms with Gasteiger partial charge in [-0.1, -0.05) is 78.4 Å². The average Bonchev–Trinajstić information content (AvgIpc) is 3.16. The van der Waals surface area contributed by atoms with Crippen LogP contribution in [-0.4, -0.2) is 21.3 Å². The zero-order valence-corrected chi connectivity index (χ0v) is 16.3. The molecule has 4 heteroatoms. The third kappa shape index (κ3) is 3.52. The third-order valence-electron chi connectivity index (χ3n) is 4.81. The largest absolute Gasteiger partial charge is 0.294 e. The van der Waals surface area contributed by atoms with Gasteiger partial charge in [-0.3, -0.25) is 9.59 Å². The molecule has 0 N–H and O–H groups in total. The minimum Gasteiger partial charge on any atom is -0.294 e. The second-order valence-electron chi connectivity index (χ2n) is 6.94. The predicted octanol–water partition coefficient (Wildman–Crippen LogP) is 5.28. The first-order valence-corrected chi connectivity index (χ1v) is 9.42. The number of hydrogen-bond donors (Lipinski definition) is 0. The lowest BCUT2D eigenvalue weighted by molar-refractivity contribution is 0.0989. The quantitative estimate of drug-likeness (QED) is 0.443. The third-order valence-corrected chi connectivity index (χ3v) is 4.81. The minimum absolute atomic E-state index is 0.170. The van der Waals surface area contributed by atoms with Crippen LogP contribution < -0.4 is 0 Å². The van der Waals surface area contributed by atoms with E-state index in [0.717, 1.165) is 16.8 Å². The highest BCUT2D eigenvalue weighted by atomic mass is 16.1. The van der Waals surface area contributed by atoms with E-state index >= 15 is 0 Å². The molecule has 0 unspecified atom stereocenters. The van der Waals surface area contributed by atoms with E-state index < -0.39 is 0 Å². The van der Waals surface area contributed by atoms with Crippen LogP contribution in [0.3, 0.4) is 0 Å². The summed E-state index contributed by atoms with van der Waals surface area (Å²) in [5.74, 6) is -0.458. The first-order valence-electron chi connectivity index (χ1n) is 9.42. The first kappa shape index (κ1) is 18.6. The Labute approximate surface area is 169 Å². The molecule has 142 valence electrons. The monoisotopic (exact) mass is 380 g/mol. The molecule has 0 amide bonds. The van der Waals surface area contributed by atoms with E-state index in [1.807, 2.05) is 67.6 Å². The van der Waals surface area contributed by atoms with Gasteiger partial charge in [0, 0.05) is 11.1 Å². The van der Waals surface area contributed by atoms with Crippen LogP contribution in [0.1, 0.15) is 38.9 Å². The predicted molar refractivity (Wildman–Crippen MR) is 114 cm³/mol. The number of aryl methyl sites for hydroxylation is 1. The summed E-state index contributed by atoms with van der Waals surface area (Å²) in [7, 11) is 0. The number of aromatic nitrogens is 2. The summed E-state index contributed by atoms with van der Waals surface area (Å²) in [5.41, 5.74) is 4.38. The van der Waals surface area contributed by atoms with E-state index in [9.17, 15) is 9.59 Å². The molecule has 0 aliphatic carbocycles. The maximum Gasteiger partial charge on any atom is 0.214 e. The van der Waals surface area contributed by atoms with E-state index in [4.69, 9.17) is 0 Å². The van der Waals surface area contributed by atoms with Crippen molar-refractivity contribution >= 4 is 11.6 Å². The SMILES string of the molecule is CC(=O)c1c(C(=O)c2ccccc2)nn(-c2ccc(C)cc2)c1-c1ccccc1. The maximum atomic E-state index is 13.2. The standard InChI is InChI=1S/C25H20N2O2/c1-17-13-15-21(16-14-17)27-24(19-9-5-3-6-10-19)22(18(2)28)23(26-27)25(29)20-11-7-4-8-12-20/h3-16H,1-2H3. The molecular weight excluding hydrogens is 360 g/mol. The van der Waals surface area contributed by atoms with Crippen molar-refractivity contribution in [2.75, 3.05) is 0 Å². The van der Waals surface area contributed by atoms with E-state index in [2.05, 4.69) is 5.10 Å². The van der Waals surface area contributed by atoms with Crippen molar-refractivity contribution in [3.05, 3.63) is 107 Å². The van der Waals surface area contributed by atoms with E-state index in [1.54, 1.807) is 28.9 Å². The maximum absolute atomic E-state index is 13.2. The Morgan fingerprint density at radius 3 is 1.97 bits per heavy atom. The fraction of sp³-hybridized carbons (Fsp3) is 0.0800. The van der Waals surface area contributed by atoms with Crippen molar-refractivity contribution in [1.82, 2.24) is 9.78 Å². The fourth-order valence-corrected chi connectivity index (χ4v) is 3.37. The highest BCUT2D eigenvalue weighted by Gasteiger charge is 2.28. The van der Waals surface area contributed by atoms with Gasteiger partial charge in [-0.25, -0.2) is 4.68 Å². The van der Waals surface area contributed by atoms with Gasteiger partial charge in [0.15, 0.2) is 5.78 Å². The topological polar surface area (TPSA) is 52.0 Å². The van der Waals surface area contributed by atoms with Crippen LogP contribution in [0.15, 0.2) is 84.9 Å². The van der Waals surface area contributed by atoms with Gasteiger partial charge in [-0.2, -0.15) is 5.10 Å². The molecule has 0 radical (unpaired) electrons. The second kappa shape index (κ2) is 7.68. The molecule has 0 saturated heterocycles. The molecule has 3 aromatic carbocycles. The smallest absolute Gasteiger partial charge is 0.214 e. The van der Waals surface area contributed by atoms with Crippen molar-refractivity contribution in [2.24, 2.45) is 0 Å². The van der Waals surface area contributed by atoms with Gasteiger partial charge in [-0.15, -0.1) is 0 Å². The molecule has 0 atom stereocenters. The summed E-state index contributed by atoms with van der Waals surface area (Å²) >= 11 is 0. The van der Waals surface area contributed by atoms with Crippen LogP contribution in [0, 0.1) is 6.92 Å². The summed E-state index contributed by atoms with van der Waals surface area (Å²) in [4.78, 5) is 25.9. The minimum atomic E-state index is -0.265. The molecule has 0 aliphatic rings. The Morgan fingerprint density at radius 1 is 0.793 bits per heavy atom. The molecule has 29 heavy (non-hydrogen) atoms. The van der Waals surface area contributed by atoms with Crippen LogP contribution in [0.5, 0.6) is 0 Å². The Kier molecular flexibility index (Phi) is 4.92. The molecule has 4 rings (SSSR count). The number of hydrogen-bond acceptors (Lipinski definition) is 3. The number of rotatable bonds is 5. The average molecular weight is 380 g/mol. The molecule has 0 aliphatic heterocycles. The highest BCUT2D eigenvalue weighted by Crippen LogP contribution is 2.31. The molecule has 0 spiro atoms. The molecule has 0 saturated carbocycles. The van der Waals surface area contributed by atoms with Crippen molar-refractivity contribution in [2.45, 2.75) is 13.8 Å². The molecular formula is C25H20N2O2. The van der Waals surface area contributed by atoms with Gasteiger partial charge >= 0.3 is 0 Å². The van der Waals surface area contributed by atoms with Gasteiger partial charge in [0.05, 0.1) is 16.9 Å². The van der Waals surface area contributed by atoms with Crippen molar-refractivity contribution < 1.29 is 9.59 Å². The number of ketones is 2. The molecule has 4 nitrogen and oxygen atoms in total. The highest BCUT2D eigenvalue weighted by molar-refractivity contribution is 6.16. The van der Waals surface area contributed by atoms with Crippen LogP contribution >= 0.6 is 0 Å². The van der Waals surface area contributed by atoms with E-state index in [1.165, 1.54) is 6.92 Å². The van der Waals surface area contributed by atoms with Crippen LogP contribution in [-0.2, 0) is 0 Å². The van der Waals surface area contributed by atoms with E-state index in [-0.39, 0.29) is 17.3 Å². The zero-order valence-electron chi connectivity index (χ0n) is 16.3. The van der Waals surface area contributed by atoms with Crippen LogP contribution in [0.4, 0.5) is 0 Å². The molecule has 0 bridgehead atoms. The lowest BCUT2D eigenvalue weighted by Crippen LogP contribution is -2.08. The number of carbonyl (C=O) groups is 2. The second-order valence-corrected chi connectivity index (χ2v) is 6.94. The Hall–Kier alpha value is -3.79. The molecule has 1 heterocycles. The van der Waals surface area contributed by atoms with Crippen LogP contribution in [0.25, 0.3) is 16.9 Å². The number of carbonyl (C=O) groups excluding carboxylic acids is 2. The van der Waals surface area contributed by atoms with Gasteiger partial charge < -0.3 is 0 Å². The van der Waals surface area contributed by atoms with Gasteiger partial charge in [-0.05, 0) is 26.0 Å². The van der Waals surface area contributed by atoms with E-state index in [0.29, 0.717) is 16.8 Å². The number of benzene rings is 3. The lowest BCUT2D eigenvalue weighted by atomic mass is 9.98. The fourth-order valence-electron chi connectivity index (χ4n) is 3.37. The summed E-state index contributed by atoms with van der Waals surface area (Å²) in [6.45, 7) is 3.49. The first-order chi connectivity index (χ1) is 14.1. The Balaban J connectivity index is 2.01. The summed E-state index contributed by atoms with van der Waals surface area (Å²) < 4.78 is 1.70. The normalized spacial score (nSPS) is 10.7. The van der Waals surface area contributed by atoms with Gasteiger partial charge in [0.2, 0.25) is 5.78 Å². The molecule has 0 fully saturated rings. The Morgan fingerprint density at radius 2 is 1.38 bits per heavy atom. The number of Topliss-reactive ketones (excluding diaryl/α,β-unsaturated/α-hetero) is 1. The summed E-state index contributed by atoms with van der Waals surface area (Å²) in [5, 5.41) is 4.63. The van der Waals surface area contributed by atoms with Crippen molar-refractivity contribution in [3.63, 3.8) is 0 Å². The summed E-state index contributed by atoms with van der Waals surface area (Å²) in [6, 6.07) is 26.3. The molecule has 4 aromatic rings. The van der Waals surface area contributed by atoms with Crippen molar-refractivity contribution in [1.29, 1.82) is 0 Å². The van der Waals surface area contributed by atoms with Gasteiger partial charge in [0.1, 0.15) is 5.69 Å². The van der Waals surface area contributed by atoms with Crippen molar-refractivity contribution in [3.8, 4) is 16.9 Å². The van der Waals surface area contributed by atoms with Crippen LogP contribution in [0.2, 0.25) is 0 Å². The molecule has 1 aromatic heterocycles. The zero-order chi connectivity index (χ0) is 20.4. The number of nitrogens with zero attached hydrogens (tertiary/aromatic N) is 2. The Bertz CT molecular complexity index is 1170.